The summed E-state index contributed by atoms with van der Waals surface area (Å²) in [6.45, 7) is 1.53. The van der Waals surface area contributed by atoms with Gasteiger partial charge in [-0.2, -0.15) is 0 Å². The number of anilines is 1. The first-order valence-corrected chi connectivity index (χ1v) is 7.20. The zero-order valence-corrected chi connectivity index (χ0v) is 12.0. The van der Waals surface area contributed by atoms with Gasteiger partial charge in [-0.1, -0.05) is 12.1 Å². The molecular formula is C16H12F2N2S. The van der Waals surface area contributed by atoms with Crippen LogP contribution >= 0.6 is 11.3 Å². The number of benzene rings is 2. The molecule has 0 aliphatic carbocycles. The average Bonchev–Trinajstić information content (AvgIpc) is 2.92. The van der Waals surface area contributed by atoms with Crippen LogP contribution in [0.2, 0.25) is 0 Å². The summed E-state index contributed by atoms with van der Waals surface area (Å²) in [6.07, 6.45) is 0. The summed E-state index contributed by atoms with van der Waals surface area (Å²) in [5.41, 5.74) is 8.11. The molecule has 2 nitrogen and oxygen atoms in total. The fourth-order valence-electron chi connectivity index (χ4n) is 2.04. The Bertz CT molecular complexity index is 812. The van der Waals surface area contributed by atoms with Gasteiger partial charge in [-0.25, -0.2) is 13.8 Å². The van der Waals surface area contributed by atoms with E-state index in [4.69, 9.17) is 5.73 Å². The highest BCUT2D eigenvalue weighted by Crippen LogP contribution is 2.31. The van der Waals surface area contributed by atoms with Crippen molar-refractivity contribution in [3.05, 3.63) is 59.0 Å². The Balaban J connectivity index is 2.05. The quantitative estimate of drug-likeness (QED) is 0.700. The molecule has 1 aromatic heterocycles. The van der Waals surface area contributed by atoms with Gasteiger partial charge in [0.25, 0.3) is 0 Å². The van der Waals surface area contributed by atoms with Crippen LogP contribution in [0.3, 0.4) is 0 Å². The van der Waals surface area contributed by atoms with Crippen LogP contribution in [0.15, 0.2) is 41.8 Å². The number of halogens is 2. The molecular weight excluding hydrogens is 290 g/mol. The van der Waals surface area contributed by atoms with Crippen molar-refractivity contribution in [3.8, 4) is 21.8 Å². The largest absolute Gasteiger partial charge is 0.399 e. The van der Waals surface area contributed by atoms with Gasteiger partial charge < -0.3 is 5.73 Å². The summed E-state index contributed by atoms with van der Waals surface area (Å²) < 4.78 is 27.6. The van der Waals surface area contributed by atoms with Gasteiger partial charge in [-0.15, -0.1) is 11.3 Å². The molecule has 1 heterocycles. The predicted molar refractivity (Wildman–Crippen MR) is 82.1 cm³/mol. The van der Waals surface area contributed by atoms with E-state index in [1.807, 2.05) is 12.1 Å². The predicted octanol–water partition coefficient (Wildman–Crippen LogP) is 4.65. The maximum atomic E-state index is 14.0. The van der Waals surface area contributed by atoms with E-state index in [1.54, 1.807) is 17.5 Å². The zero-order valence-electron chi connectivity index (χ0n) is 11.2. The molecule has 2 N–H and O–H groups in total. The minimum Gasteiger partial charge on any atom is -0.399 e. The van der Waals surface area contributed by atoms with E-state index in [2.05, 4.69) is 4.98 Å². The van der Waals surface area contributed by atoms with Crippen LogP contribution in [-0.4, -0.2) is 4.98 Å². The normalized spacial score (nSPS) is 10.8. The highest BCUT2D eigenvalue weighted by molar-refractivity contribution is 7.13. The molecule has 106 valence electrons. The van der Waals surface area contributed by atoms with Gasteiger partial charge in [0.2, 0.25) is 0 Å². The summed E-state index contributed by atoms with van der Waals surface area (Å²) >= 11 is 1.37. The average molecular weight is 302 g/mol. The fourth-order valence-corrected chi connectivity index (χ4v) is 2.86. The molecule has 0 atom stereocenters. The van der Waals surface area contributed by atoms with Gasteiger partial charge in [0.15, 0.2) is 0 Å². The van der Waals surface area contributed by atoms with E-state index in [-0.39, 0.29) is 11.1 Å². The van der Waals surface area contributed by atoms with Crippen LogP contribution in [0, 0.1) is 18.6 Å². The second-order valence-electron chi connectivity index (χ2n) is 4.74. The summed E-state index contributed by atoms with van der Waals surface area (Å²) in [6, 6.07) is 9.66. The second kappa shape index (κ2) is 5.26. The van der Waals surface area contributed by atoms with Crippen molar-refractivity contribution in [1.29, 1.82) is 0 Å². The number of nitrogens with two attached hydrogens (primary N) is 1. The minimum atomic E-state index is -0.474. The first kappa shape index (κ1) is 13.7. The third-order valence-electron chi connectivity index (χ3n) is 3.16. The number of rotatable bonds is 2. The van der Waals surface area contributed by atoms with Crippen molar-refractivity contribution in [3.63, 3.8) is 0 Å². The lowest BCUT2D eigenvalue weighted by Gasteiger charge is -2.03. The fraction of sp³-hybridized carbons (Fsp3) is 0.0625. The molecule has 2 aromatic carbocycles. The van der Waals surface area contributed by atoms with Gasteiger partial charge in [-0.3, -0.25) is 0 Å². The van der Waals surface area contributed by atoms with Crippen LogP contribution in [0.5, 0.6) is 0 Å². The molecule has 0 saturated heterocycles. The molecule has 0 unspecified atom stereocenters. The Hall–Kier alpha value is -2.27. The molecule has 3 aromatic rings. The Labute approximate surface area is 124 Å². The monoisotopic (exact) mass is 302 g/mol. The van der Waals surface area contributed by atoms with Crippen LogP contribution in [0.1, 0.15) is 5.56 Å². The Morgan fingerprint density at radius 3 is 2.67 bits per heavy atom. The van der Waals surface area contributed by atoms with Crippen molar-refractivity contribution in [1.82, 2.24) is 4.98 Å². The van der Waals surface area contributed by atoms with Gasteiger partial charge in [0.05, 0.1) is 5.69 Å². The molecule has 0 aliphatic heterocycles. The summed E-state index contributed by atoms with van der Waals surface area (Å²) in [5, 5.41) is 2.43. The van der Waals surface area contributed by atoms with Crippen molar-refractivity contribution < 1.29 is 8.78 Å². The highest BCUT2D eigenvalue weighted by atomic mass is 32.1. The van der Waals surface area contributed by atoms with E-state index < -0.39 is 11.6 Å². The van der Waals surface area contributed by atoms with Gasteiger partial charge >= 0.3 is 0 Å². The molecule has 21 heavy (non-hydrogen) atoms. The van der Waals surface area contributed by atoms with Crippen LogP contribution in [-0.2, 0) is 0 Å². The van der Waals surface area contributed by atoms with E-state index in [1.165, 1.54) is 30.4 Å². The van der Waals surface area contributed by atoms with E-state index in [0.717, 1.165) is 10.6 Å². The molecule has 3 rings (SSSR count). The minimum absolute atomic E-state index is 0.171. The lowest BCUT2D eigenvalue weighted by Crippen LogP contribution is -1.91. The SMILES string of the molecule is Cc1cc(F)c(-c2csc(-c3cccc(N)c3)n2)cc1F. The van der Waals surface area contributed by atoms with Crippen LogP contribution < -0.4 is 5.73 Å². The maximum Gasteiger partial charge on any atom is 0.133 e. The molecule has 5 heteroatoms. The number of hydrogen-bond donors (Lipinski definition) is 1. The number of aryl methyl sites for hydroxylation is 1. The van der Waals surface area contributed by atoms with Gasteiger partial charge in [0, 0.05) is 22.2 Å². The lowest BCUT2D eigenvalue weighted by molar-refractivity contribution is 0.595. The van der Waals surface area contributed by atoms with Gasteiger partial charge in [-0.05, 0) is 36.8 Å². The van der Waals surface area contributed by atoms with Gasteiger partial charge in [0.1, 0.15) is 16.6 Å². The number of aromatic nitrogens is 1. The van der Waals surface area contributed by atoms with E-state index in [0.29, 0.717) is 11.4 Å². The second-order valence-corrected chi connectivity index (χ2v) is 5.60. The Morgan fingerprint density at radius 2 is 1.90 bits per heavy atom. The van der Waals surface area contributed by atoms with Crippen molar-refractivity contribution in [2.24, 2.45) is 0 Å². The summed E-state index contributed by atoms with van der Waals surface area (Å²) in [7, 11) is 0. The highest BCUT2D eigenvalue weighted by Gasteiger charge is 2.13. The van der Waals surface area contributed by atoms with E-state index >= 15 is 0 Å². The summed E-state index contributed by atoms with van der Waals surface area (Å²) in [5.74, 6) is -0.914. The molecule has 0 saturated carbocycles. The topological polar surface area (TPSA) is 38.9 Å². The van der Waals surface area contributed by atoms with Crippen LogP contribution in [0.4, 0.5) is 14.5 Å². The number of thiazole rings is 1. The molecule has 0 radical (unpaired) electrons. The lowest BCUT2D eigenvalue weighted by atomic mass is 10.1. The number of nitrogens with zero attached hydrogens (tertiary/aromatic N) is 1. The summed E-state index contributed by atoms with van der Waals surface area (Å²) in [4.78, 5) is 4.38. The molecule has 0 bridgehead atoms. The molecule has 0 amide bonds. The Morgan fingerprint density at radius 1 is 1.10 bits per heavy atom. The third kappa shape index (κ3) is 2.64. The first-order valence-electron chi connectivity index (χ1n) is 6.32. The molecule has 0 aliphatic rings. The van der Waals surface area contributed by atoms with Crippen LogP contribution in [0.25, 0.3) is 21.8 Å². The number of hydrogen-bond acceptors (Lipinski definition) is 3. The Kier molecular flexibility index (Phi) is 3.43. The molecule has 0 fully saturated rings. The standard InChI is InChI=1S/C16H12F2N2S/c1-9-5-14(18)12(7-13(9)17)15-8-21-16(20-15)10-3-2-4-11(19)6-10/h2-8H,19H2,1H3. The van der Waals surface area contributed by atoms with Crippen molar-refractivity contribution >= 4 is 17.0 Å². The number of nitrogen functional groups attached to an aromatic ring is 1. The zero-order chi connectivity index (χ0) is 15.0. The maximum absolute atomic E-state index is 14.0. The van der Waals surface area contributed by atoms with Crippen molar-refractivity contribution in [2.45, 2.75) is 6.92 Å². The third-order valence-corrected chi connectivity index (χ3v) is 4.05. The molecule has 0 spiro atoms. The first-order chi connectivity index (χ1) is 10.0. The smallest absolute Gasteiger partial charge is 0.133 e. The van der Waals surface area contributed by atoms with E-state index in [9.17, 15) is 8.78 Å². The van der Waals surface area contributed by atoms with Crippen molar-refractivity contribution in [2.75, 3.05) is 5.73 Å².